The molecule has 1 saturated heterocycles. The molecule has 96 valence electrons. The third kappa shape index (κ3) is 2.80. The molecule has 1 fully saturated rings. The number of ether oxygens (including phenoxy) is 1. The van der Waals surface area contributed by atoms with Crippen molar-refractivity contribution in [3.8, 4) is 6.07 Å². The lowest BCUT2D eigenvalue weighted by atomic mass is 10.1. The number of anilines is 1. The number of pyridine rings is 1. The largest absolute Gasteiger partial charge is 0.391 e. The van der Waals surface area contributed by atoms with Crippen LogP contribution in [0.1, 0.15) is 12.5 Å². The van der Waals surface area contributed by atoms with E-state index in [-0.39, 0.29) is 6.10 Å². The maximum absolute atomic E-state index is 9.57. The Kier molecular flexibility index (Phi) is 4.17. The number of nitriles is 1. The summed E-state index contributed by atoms with van der Waals surface area (Å²) in [6.45, 7) is 3.44. The van der Waals surface area contributed by atoms with Crippen LogP contribution < -0.4 is 4.90 Å². The first-order chi connectivity index (χ1) is 8.61. The number of hydrogen-bond donors (Lipinski definition) is 1. The van der Waals surface area contributed by atoms with Gasteiger partial charge < -0.3 is 14.7 Å². The minimum atomic E-state index is -0.534. The predicted molar refractivity (Wildman–Crippen MR) is 70.3 cm³/mol. The number of aliphatic hydroxyl groups excluding tert-OH is 1. The highest BCUT2D eigenvalue weighted by atomic mass is 79.9. The Balaban J connectivity index is 2.23. The molecular formula is C12H14BrN3O2. The summed E-state index contributed by atoms with van der Waals surface area (Å²) in [5.41, 5.74) is 0.524. The van der Waals surface area contributed by atoms with E-state index >= 15 is 0 Å². The zero-order chi connectivity index (χ0) is 13.1. The lowest BCUT2D eigenvalue weighted by molar-refractivity contribution is -0.0366. The number of halogens is 1. The van der Waals surface area contributed by atoms with Gasteiger partial charge >= 0.3 is 0 Å². The summed E-state index contributed by atoms with van der Waals surface area (Å²) in [6.07, 6.45) is 0.896. The SMILES string of the molecule is CC(O)C1CN(c2ncc(Br)cc2C#N)CCO1. The van der Waals surface area contributed by atoms with Gasteiger partial charge in [0.15, 0.2) is 0 Å². The van der Waals surface area contributed by atoms with Crippen molar-refractivity contribution in [1.29, 1.82) is 5.26 Å². The van der Waals surface area contributed by atoms with E-state index in [0.29, 0.717) is 31.1 Å². The maximum atomic E-state index is 9.57. The fraction of sp³-hybridized carbons (Fsp3) is 0.500. The van der Waals surface area contributed by atoms with E-state index in [1.165, 1.54) is 0 Å². The number of aromatic nitrogens is 1. The number of morpholine rings is 1. The fourth-order valence-electron chi connectivity index (χ4n) is 1.93. The second-order valence-corrected chi connectivity index (χ2v) is 5.15. The van der Waals surface area contributed by atoms with E-state index in [1.54, 1.807) is 19.2 Å². The molecule has 1 aliphatic rings. The van der Waals surface area contributed by atoms with Crippen molar-refractivity contribution in [2.24, 2.45) is 0 Å². The van der Waals surface area contributed by atoms with E-state index in [2.05, 4.69) is 27.0 Å². The van der Waals surface area contributed by atoms with Gasteiger partial charge in [-0.3, -0.25) is 0 Å². The molecule has 6 heteroatoms. The van der Waals surface area contributed by atoms with Gasteiger partial charge in [0.25, 0.3) is 0 Å². The Hall–Kier alpha value is -1.16. The zero-order valence-corrected chi connectivity index (χ0v) is 11.6. The Labute approximate surface area is 114 Å². The minimum absolute atomic E-state index is 0.240. The monoisotopic (exact) mass is 311 g/mol. The molecule has 0 bridgehead atoms. The summed E-state index contributed by atoms with van der Waals surface area (Å²) in [6, 6.07) is 3.89. The van der Waals surface area contributed by atoms with Crippen molar-refractivity contribution in [1.82, 2.24) is 4.98 Å². The number of rotatable bonds is 2. The average Bonchev–Trinajstić information content (AvgIpc) is 2.38. The van der Waals surface area contributed by atoms with Gasteiger partial charge in [-0.2, -0.15) is 5.26 Å². The van der Waals surface area contributed by atoms with E-state index in [4.69, 9.17) is 10.00 Å². The first kappa shape index (κ1) is 13.3. The zero-order valence-electron chi connectivity index (χ0n) is 10.0. The third-order valence-electron chi connectivity index (χ3n) is 2.88. The maximum Gasteiger partial charge on any atom is 0.146 e. The molecule has 1 N–H and O–H groups in total. The van der Waals surface area contributed by atoms with Gasteiger partial charge in [-0.1, -0.05) is 0 Å². The lowest BCUT2D eigenvalue weighted by Gasteiger charge is -2.35. The number of nitrogens with zero attached hydrogens (tertiary/aromatic N) is 3. The highest BCUT2D eigenvalue weighted by molar-refractivity contribution is 9.10. The van der Waals surface area contributed by atoms with Gasteiger partial charge in [0.2, 0.25) is 0 Å². The first-order valence-corrected chi connectivity index (χ1v) is 6.51. The summed E-state index contributed by atoms with van der Waals surface area (Å²) >= 11 is 3.30. The van der Waals surface area contributed by atoms with Crippen molar-refractivity contribution in [3.63, 3.8) is 0 Å². The van der Waals surface area contributed by atoms with Crippen LogP contribution in [0.4, 0.5) is 5.82 Å². The summed E-state index contributed by atoms with van der Waals surface area (Å²) in [5.74, 6) is 0.648. The minimum Gasteiger partial charge on any atom is -0.391 e. The molecular weight excluding hydrogens is 298 g/mol. The molecule has 2 heterocycles. The van der Waals surface area contributed by atoms with E-state index < -0.39 is 6.10 Å². The van der Waals surface area contributed by atoms with Gasteiger partial charge in [-0.15, -0.1) is 0 Å². The van der Waals surface area contributed by atoms with E-state index in [9.17, 15) is 5.11 Å². The lowest BCUT2D eigenvalue weighted by Crippen LogP contribution is -2.47. The fourth-order valence-corrected chi connectivity index (χ4v) is 2.26. The Bertz CT molecular complexity index is 473. The van der Waals surface area contributed by atoms with Crippen LogP contribution >= 0.6 is 15.9 Å². The molecule has 5 nitrogen and oxygen atoms in total. The van der Waals surface area contributed by atoms with Crippen LogP contribution in [0.5, 0.6) is 0 Å². The number of aliphatic hydroxyl groups is 1. The Morgan fingerprint density at radius 1 is 1.72 bits per heavy atom. The van der Waals surface area contributed by atoms with Crippen LogP contribution in [0, 0.1) is 11.3 Å². The molecule has 2 atom stereocenters. The average molecular weight is 312 g/mol. The number of hydrogen-bond acceptors (Lipinski definition) is 5. The standard InChI is InChI=1S/C12H14BrN3O2/c1-8(17)11-7-16(2-3-18-11)12-9(5-14)4-10(13)6-15-12/h4,6,8,11,17H,2-3,7H2,1H3. The van der Waals surface area contributed by atoms with Crippen LogP contribution in [0.25, 0.3) is 0 Å². The van der Waals surface area contributed by atoms with Crippen LogP contribution in [-0.2, 0) is 4.74 Å². The van der Waals surface area contributed by atoms with Crippen LogP contribution in [0.3, 0.4) is 0 Å². The van der Waals surface area contributed by atoms with Gasteiger partial charge in [0, 0.05) is 23.8 Å². The third-order valence-corrected chi connectivity index (χ3v) is 3.32. The second kappa shape index (κ2) is 5.65. The molecule has 18 heavy (non-hydrogen) atoms. The Morgan fingerprint density at radius 2 is 2.50 bits per heavy atom. The quantitative estimate of drug-likeness (QED) is 0.891. The van der Waals surface area contributed by atoms with Crippen LogP contribution in [-0.4, -0.2) is 42.0 Å². The highest BCUT2D eigenvalue weighted by Gasteiger charge is 2.26. The second-order valence-electron chi connectivity index (χ2n) is 4.23. The molecule has 0 radical (unpaired) electrons. The summed E-state index contributed by atoms with van der Waals surface area (Å²) in [7, 11) is 0. The van der Waals surface area contributed by atoms with Crippen molar-refractivity contribution >= 4 is 21.7 Å². The van der Waals surface area contributed by atoms with Gasteiger partial charge in [-0.05, 0) is 28.9 Å². The summed E-state index contributed by atoms with van der Waals surface area (Å²) in [4.78, 5) is 6.26. The van der Waals surface area contributed by atoms with Crippen molar-refractivity contribution in [2.75, 3.05) is 24.6 Å². The molecule has 2 unspecified atom stereocenters. The van der Waals surface area contributed by atoms with Gasteiger partial charge in [-0.25, -0.2) is 4.98 Å². The summed E-state index contributed by atoms with van der Waals surface area (Å²) in [5, 5.41) is 18.7. The molecule has 0 spiro atoms. The first-order valence-electron chi connectivity index (χ1n) is 5.72. The molecule has 0 saturated carbocycles. The molecule has 0 amide bonds. The predicted octanol–water partition coefficient (Wildman–Crippen LogP) is 1.30. The van der Waals surface area contributed by atoms with E-state index in [0.717, 1.165) is 4.47 Å². The molecule has 0 aliphatic carbocycles. The smallest absolute Gasteiger partial charge is 0.146 e. The van der Waals surface area contributed by atoms with Crippen molar-refractivity contribution in [2.45, 2.75) is 19.1 Å². The normalized spacial score (nSPS) is 21.4. The molecule has 1 aliphatic heterocycles. The van der Waals surface area contributed by atoms with E-state index in [1.807, 2.05) is 4.90 Å². The van der Waals surface area contributed by atoms with Crippen molar-refractivity contribution < 1.29 is 9.84 Å². The molecule has 1 aromatic rings. The topological polar surface area (TPSA) is 69.4 Å². The van der Waals surface area contributed by atoms with Crippen LogP contribution in [0.15, 0.2) is 16.7 Å². The highest BCUT2D eigenvalue weighted by Crippen LogP contribution is 2.23. The molecule has 1 aromatic heterocycles. The van der Waals surface area contributed by atoms with Gasteiger partial charge in [0.05, 0.1) is 18.3 Å². The molecule has 2 rings (SSSR count). The van der Waals surface area contributed by atoms with Gasteiger partial charge in [0.1, 0.15) is 18.0 Å². The molecule has 0 aromatic carbocycles. The summed E-state index contributed by atoms with van der Waals surface area (Å²) < 4.78 is 6.26. The van der Waals surface area contributed by atoms with Crippen LogP contribution in [0.2, 0.25) is 0 Å². The Morgan fingerprint density at radius 3 is 3.17 bits per heavy atom. The van der Waals surface area contributed by atoms with Crippen molar-refractivity contribution in [3.05, 3.63) is 22.3 Å².